The van der Waals surface area contributed by atoms with E-state index in [0.717, 1.165) is 24.8 Å². The van der Waals surface area contributed by atoms with Crippen LogP contribution in [0.1, 0.15) is 51.5 Å². The fourth-order valence-electron chi connectivity index (χ4n) is 3.22. The summed E-state index contributed by atoms with van der Waals surface area (Å²) in [7, 11) is -3.56. The molecular weight excluding hydrogens is 366 g/mol. The van der Waals surface area contributed by atoms with E-state index >= 15 is 0 Å². The highest BCUT2D eigenvalue weighted by Gasteiger charge is 2.26. The van der Waals surface area contributed by atoms with Crippen LogP contribution in [0.5, 0.6) is 0 Å². The molecule has 150 valence electrons. The maximum Gasteiger partial charge on any atom is 0.307 e. The molecule has 1 aliphatic carbocycles. The first kappa shape index (κ1) is 21.4. The summed E-state index contributed by atoms with van der Waals surface area (Å²) in [5, 5.41) is 2.94. The first-order chi connectivity index (χ1) is 12.7. The quantitative estimate of drug-likeness (QED) is 0.717. The van der Waals surface area contributed by atoms with Gasteiger partial charge in [-0.15, -0.1) is 0 Å². The number of ether oxygens (including phenoxy) is 1. The van der Waals surface area contributed by atoms with Gasteiger partial charge in [0.1, 0.15) is 0 Å². The lowest BCUT2D eigenvalue weighted by Gasteiger charge is -2.30. The van der Waals surface area contributed by atoms with Gasteiger partial charge in [0.25, 0.3) is 5.91 Å². The molecule has 0 aliphatic heterocycles. The second-order valence-electron chi connectivity index (χ2n) is 7.39. The predicted molar refractivity (Wildman–Crippen MR) is 103 cm³/mol. The molecule has 0 spiro atoms. The third-order valence-electron chi connectivity index (χ3n) is 5.07. The summed E-state index contributed by atoms with van der Waals surface area (Å²) in [6, 6.07) is 6.58. The topological polar surface area (TPSA) is 89.5 Å². The van der Waals surface area contributed by atoms with Crippen molar-refractivity contribution < 1.29 is 22.7 Å². The van der Waals surface area contributed by atoms with E-state index in [-0.39, 0.29) is 29.0 Å². The number of esters is 1. The van der Waals surface area contributed by atoms with Crippen molar-refractivity contribution in [1.82, 2.24) is 5.32 Å². The van der Waals surface area contributed by atoms with Gasteiger partial charge in [0, 0.05) is 6.04 Å². The average Bonchev–Trinajstić information content (AvgIpc) is 2.62. The van der Waals surface area contributed by atoms with Crippen LogP contribution in [0.4, 0.5) is 0 Å². The Morgan fingerprint density at radius 3 is 2.44 bits per heavy atom. The number of sulfone groups is 1. The van der Waals surface area contributed by atoms with Gasteiger partial charge in [0.05, 0.1) is 17.1 Å². The highest BCUT2D eigenvalue weighted by Crippen LogP contribution is 2.23. The van der Waals surface area contributed by atoms with E-state index < -0.39 is 21.9 Å². The van der Waals surface area contributed by atoms with E-state index in [4.69, 9.17) is 4.74 Å². The van der Waals surface area contributed by atoms with Crippen LogP contribution >= 0.6 is 0 Å². The van der Waals surface area contributed by atoms with Crippen molar-refractivity contribution in [1.29, 1.82) is 0 Å². The Labute approximate surface area is 161 Å². The highest BCUT2D eigenvalue weighted by atomic mass is 32.2. The molecule has 7 heteroatoms. The zero-order chi connectivity index (χ0) is 20.0. The second-order valence-corrected chi connectivity index (χ2v) is 9.50. The molecule has 6 nitrogen and oxygen atoms in total. The summed E-state index contributed by atoms with van der Waals surface area (Å²) in [4.78, 5) is 24.4. The number of amides is 1. The molecule has 27 heavy (non-hydrogen) atoms. The van der Waals surface area contributed by atoms with Crippen molar-refractivity contribution in [3.8, 4) is 0 Å². The van der Waals surface area contributed by atoms with Gasteiger partial charge in [-0.05, 0) is 44.7 Å². The van der Waals surface area contributed by atoms with Gasteiger partial charge in [0.15, 0.2) is 15.9 Å². The molecule has 0 aromatic heterocycles. The van der Waals surface area contributed by atoms with Gasteiger partial charge in [-0.2, -0.15) is 0 Å². The fourth-order valence-corrected chi connectivity index (χ4v) is 4.44. The normalized spacial score (nSPS) is 21.3. The number of hydrogen-bond donors (Lipinski definition) is 1. The van der Waals surface area contributed by atoms with Crippen LogP contribution < -0.4 is 5.32 Å². The fraction of sp³-hybridized carbons (Fsp3) is 0.600. The minimum Gasteiger partial charge on any atom is -0.453 e. The first-order valence-electron chi connectivity index (χ1n) is 9.48. The monoisotopic (exact) mass is 395 g/mol. The van der Waals surface area contributed by atoms with Crippen LogP contribution in [0.3, 0.4) is 0 Å². The lowest BCUT2D eigenvalue weighted by molar-refractivity contribution is -0.154. The molecular formula is C20H29NO5S. The van der Waals surface area contributed by atoms with Crippen molar-refractivity contribution in [2.24, 2.45) is 5.92 Å². The number of hydrogen-bond acceptors (Lipinski definition) is 5. The Balaban J connectivity index is 1.81. The standard InChI is InChI=1S/C20H29NO5S/c1-14-8-10-17(11-9-14)27(24,25)13-12-19(22)26-16(3)20(23)21-18-7-5-4-6-15(18)2/h8-11,15-16,18H,4-7,12-13H2,1-3H3,(H,21,23)/t15-,16-,18-/m1/s1. The van der Waals surface area contributed by atoms with Crippen molar-refractivity contribution in [3.63, 3.8) is 0 Å². The largest absolute Gasteiger partial charge is 0.453 e. The molecule has 1 fully saturated rings. The van der Waals surface area contributed by atoms with Crippen molar-refractivity contribution >= 4 is 21.7 Å². The third kappa shape index (κ3) is 6.34. The van der Waals surface area contributed by atoms with Gasteiger partial charge in [-0.3, -0.25) is 9.59 Å². The minimum absolute atomic E-state index is 0.106. The van der Waals surface area contributed by atoms with E-state index in [9.17, 15) is 18.0 Å². The Morgan fingerprint density at radius 1 is 1.19 bits per heavy atom. The van der Waals surface area contributed by atoms with Gasteiger partial charge in [-0.25, -0.2) is 8.42 Å². The van der Waals surface area contributed by atoms with Crippen LogP contribution in [0.2, 0.25) is 0 Å². The van der Waals surface area contributed by atoms with Crippen molar-refractivity contribution in [2.45, 2.75) is 69.9 Å². The molecule has 0 heterocycles. The molecule has 0 saturated heterocycles. The molecule has 0 unspecified atom stereocenters. The molecule has 0 radical (unpaired) electrons. The maximum atomic E-state index is 12.3. The maximum absolute atomic E-state index is 12.3. The Bertz CT molecular complexity index is 757. The van der Waals surface area contributed by atoms with Crippen LogP contribution in [-0.4, -0.2) is 38.2 Å². The summed E-state index contributed by atoms with van der Waals surface area (Å²) in [6.07, 6.45) is 3.05. The molecule has 0 bridgehead atoms. The zero-order valence-corrected chi connectivity index (χ0v) is 17.1. The van der Waals surface area contributed by atoms with E-state index in [1.165, 1.54) is 25.5 Å². The van der Waals surface area contributed by atoms with Gasteiger partial charge >= 0.3 is 5.97 Å². The molecule has 3 atom stereocenters. The molecule has 1 N–H and O–H groups in total. The van der Waals surface area contributed by atoms with Crippen molar-refractivity contribution in [3.05, 3.63) is 29.8 Å². The van der Waals surface area contributed by atoms with Gasteiger partial charge in [-0.1, -0.05) is 37.5 Å². The summed E-state index contributed by atoms with van der Waals surface area (Å²) in [5.74, 6) is -0.957. The summed E-state index contributed by atoms with van der Waals surface area (Å²) < 4.78 is 29.7. The van der Waals surface area contributed by atoms with Crippen LogP contribution in [0.25, 0.3) is 0 Å². The summed E-state index contributed by atoms with van der Waals surface area (Å²) >= 11 is 0. The summed E-state index contributed by atoms with van der Waals surface area (Å²) in [5.41, 5.74) is 0.959. The van der Waals surface area contributed by atoms with E-state index in [1.807, 2.05) is 6.92 Å². The molecule has 1 aromatic carbocycles. The third-order valence-corrected chi connectivity index (χ3v) is 6.80. The van der Waals surface area contributed by atoms with Gasteiger partial charge < -0.3 is 10.1 Å². The predicted octanol–water partition coefficient (Wildman–Crippen LogP) is 2.79. The first-order valence-corrected chi connectivity index (χ1v) is 11.1. The van der Waals surface area contributed by atoms with Crippen molar-refractivity contribution in [2.75, 3.05) is 5.75 Å². The molecule has 1 aromatic rings. The molecule has 2 rings (SSSR count). The molecule has 1 saturated carbocycles. The van der Waals surface area contributed by atoms with Gasteiger partial charge in [0.2, 0.25) is 0 Å². The summed E-state index contributed by atoms with van der Waals surface area (Å²) in [6.45, 7) is 5.49. The molecule has 1 amide bonds. The van der Waals surface area contributed by atoms with Crippen LogP contribution in [0, 0.1) is 12.8 Å². The minimum atomic E-state index is -3.56. The van der Waals surface area contributed by atoms with E-state index in [1.54, 1.807) is 12.1 Å². The Hall–Kier alpha value is -1.89. The number of aryl methyl sites for hydroxylation is 1. The number of nitrogens with one attached hydrogen (secondary N) is 1. The Morgan fingerprint density at radius 2 is 1.81 bits per heavy atom. The number of carbonyl (C=O) groups excluding carboxylic acids is 2. The molecule has 1 aliphatic rings. The lowest BCUT2D eigenvalue weighted by atomic mass is 9.86. The van der Waals surface area contributed by atoms with E-state index in [0.29, 0.717) is 5.92 Å². The SMILES string of the molecule is Cc1ccc(S(=O)(=O)CCC(=O)O[C@H](C)C(=O)N[C@@H]2CCCC[C@H]2C)cc1. The lowest BCUT2D eigenvalue weighted by Crippen LogP contribution is -2.46. The number of rotatable bonds is 7. The number of benzene rings is 1. The second kappa shape index (κ2) is 9.35. The highest BCUT2D eigenvalue weighted by molar-refractivity contribution is 7.91. The zero-order valence-electron chi connectivity index (χ0n) is 16.2. The van der Waals surface area contributed by atoms with Crippen LogP contribution in [-0.2, 0) is 24.2 Å². The Kier molecular flexibility index (Phi) is 7.41. The number of carbonyl (C=O) groups is 2. The average molecular weight is 396 g/mol. The van der Waals surface area contributed by atoms with Crippen LogP contribution in [0.15, 0.2) is 29.2 Å². The smallest absolute Gasteiger partial charge is 0.307 e. The van der Waals surface area contributed by atoms with E-state index in [2.05, 4.69) is 12.2 Å².